The van der Waals surface area contributed by atoms with Crippen molar-refractivity contribution < 1.29 is 46.9 Å². The van der Waals surface area contributed by atoms with Gasteiger partial charge in [-0.3, -0.25) is 13.3 Å². The van der Waals surface area contributed by atoms with E-state index in [4.69, 9.17) is 9.11 Å². The van der Waals surface area contributed by atoms with E-state index in [1.807, 2.05) is 0 Å². The summed E-state index contributed by atoms with van der Waals surface area (Å²) in [6, 6.07) is 0. The van der Waals surface area contributed by atoms with Crippen molar-refractivity contribution in [2.24, 2.45) is 0 Å². The number of thiol groups is 1. The smallest absolute Gasteiger partial charge is 0.266 e. The summed E-state index contributed by atoms with van der Waals surface area (Å²) in [6.07, 6.45) is -3.30. The van der Waals surface area contributed by atoms with Crippen molar-refractivity contribution >= 4 is 31.8 Å². The van der Waals surface area contributed by atoms with Crippen molar-refractivity contribution in [2.75, 3.05) is 6.61 Å². The molecule has 0 saturated carbocycles. The molecule has 0 heterocycles. The first-order chi connectivity index (χ1) is 7.91. The van der Waals surface area contributed by atoms with E-state index in [-0.39, 0.29) is 0 Å². The molecule has 0 aliphatic carbocycles. The lowest BCUT2D eigenvalue weighted by atomic mass is 10.2. The van der Waals surface area contributed by atoms with Gasteiger partial charge in [-0.05, 0) is 6.92 Å². The van der Waals surface area contributed by atoms with Crippen LogP contribution in [0, 0.1) is 0 Å². The minimum Gasteiger partial charge on any atom is -0.266 e. The summed E-state index contributed by atoms with van der Waals surface area (Å²) in [6.45, 7) is -0.0860. The van der Waals surface area contributed by atoms with Crippen molar-refractivity contribution in [2.45, 2.75) is 19.1 Å². The van der Waals surface area contributed by atoms with Crippen LogP contribution in [0.2, 0.25) is 0 Å². The van der Waals surface area contributed by atoms with Crippen molar-refractivity contribution in [1.29, 1.82) is 0 Å². The molecule has 0 rings (SSSR count). The van der Waals surface area contributed by atoms with Crippen LogP contribution < -0.4 is 0 Å². The van der Waals surface area contributed by atoms with Crippen LogP contribution in [0.15, 0.2) is 0 Å². The minimum absolute atomic E-state index is 1.01. The topological polar surface area (TPSA) is 171 Å². The van der Waals surface area contributed by atoms with Gasteiger partial charge in [-0.25, -0.2) is 16.8 Å². The molecular weight excluding hydrogens is 320 g/mol. The normalized spacial score (nSPS) is 16.7. The van der Waals surface area contributed by atoms with Crippen molar-refractivity contribution in [3.05, 3.63) is 0 Å². The van der Waals surface area contributed by atoms with Crippen molar-refractivity contribution in [1.82, 2.24) is 0 Å². The van der Waals surface area contributed by atoms with Crippen LogP contribution in [0.4, 0.5) is 0 Å². The Balaban J connectivity index is 4.82. The van der Waals surface area contributed by atoms with Crippen LogP contribution in [0.1, 0.15) is 6.92 Å². The van der Waals surface area contributed by atoms with E-state index in [0.29, 0.717) is 0 Å². The molecule has 0 aliphatic heterocycles. The Kier molecular flexibility index (Phi) is 6.58. The Morgan fingerprint density at radius 1 is 1.11 bits per heavy atom. The van der Waals surface area contributed by atoms with Gasteiger partial charge in [0.05, 0.1) is 6.61 Å². The molecule has 11 nitrogen and oxygen atoms in total. The average Bonchev–Trinajstić information content (AvgIpc) is 2.07. The van der Waals surface area contributed by atoms with Gasteiger partial charge < -0.3 is 0 Å². The number of hydrogen-bond donors (Lipinski definition) is 3. The predicted molar refractivity (Wildman–Crippen MR) is 54.8 cm³/mol. The maximum Gasteiger partial charge on any atom is 0.397 e. The van der Waals surface area contributed by atoms with Gasteiger partial charge in [-0.1, -0.05) is 0 Å². The predicted octanol–water partition coefficient (Wildman–Crippen LogP) is -2.07. The van der Waals surface area contributed by atoms with Gasteiger partial charge in [-0.15, -0.1) is 0 Å². The van der Waals surface area contributed by atoms with Crippen LogP contribution in [0.3, 0.4) is 0 Å². The molecule has 2 N–H and O–H groups in total. The third kappa shape index (κ3) is 9.66. The number of hydrogen-bond acceptors (Lipinski definition) is 9. The van der Waals surface area contributed by atoms with Crippen LogP contribution in [0.25, 0.3) is 0 Å². The highest BCUT2D eigenvalue weighted by molar-refractivity contribution is 7.81. The molecule has 2 atom stereocenters. The molecule has 0 spiro atoms. The molecule has 0 saturated heterocycles. The third-order valence-electron chi connectivity index (χ3n) is 1.40. The fourth-order valence-electron chi connectivity index (χ4n) is 0.754. The first kappa shape index (κ1) is 17.6. The fourth-order valence-corrected chi connectivity index (χ4v) is 1.99. The van der Waals surface area contributed by atoms with Crippen LogP contribution >= 0.6 is 0 Å². The summed E-state index contributed by atoms with van der Waals surface area (Å²) < 4.78 is 90.2. The third-order valence-corrected chi connectivity index (χ3v) is 2.83. The summed E-state index contributed by atoms with van der Waals surface area (Å²) in [5, 5.41) is 0. The Bertz CT molecular complexity index is 519. The Labute approximate surface area is 105 Å². The molecule has 0 aromatic carbocycles. The van der Waals surface area contributed by atoms with Gasteiger partial charge in [0, 0.05) is 0 Å². The Hall–Kier alpha value is -0.350. The van der Waals surface area contributed by atoms with E-state index in [9.17, 15) is 25.3 Å². The quantitative estimate of drug-likeness (QED) is 0.329. The molecular formula is C4H10O11S3. The van der Waals surface area contributed by atoms with E-state index in [2.05, 4.69) is 12.5 Å². The zero-order chi connectivity index (χ0) is 14.6. The molecule has 18 heavy (non-hydrogen) atoms. The van der Waals surface area contributed by atoms with Gasteiger partial charge in [0.2, 0.25) is 0 Å². The minimum atomic E-state index is -5.01. The summed E-state index contributed by atoms with van der Waals surface area (Å²) in [4.78, 5) is 0. The second-order valence-electron chi connectivity index (χ2n) is 2.81. The second-order valence-corrected chi connectivity index (χ2v) is 5.61. The molecule has 0 aromatic rings. The van der Waals surface area contributed by atoms with Crippen LogP contribution in [-0.2, 0) is 44.3 Å². The summed E-state index contributed by atoms with van der Waals surface area (Å²) in [7, 11) is -13.3. The molecule has 0 fully saturated rings. The lowest BCUT2D eigenvalue weighted by Gasteiger charge is -2.19. The fraction of sp³-hybridized carbons (Fsp3) is 1.00. The zero-order valence-electron chi connectivity index (χ0n) is 8.69. The van der Waals surface area contributed by atoms with E-state index in [1.54, 1.807) is 0 Å². The van der Waals surface area contributed by atoms with E-state index < -0.39 is 50.6 Å². The molecule has 0 radical (unpaired) electrons. The van der Waals surface area contributed by atoms with Crippen molar-refractivity contribution in [3.63, 3.8) is 0 Å². The summed E-state index contributed by atoms with van der Waals surface area (Å²) in [5.41, 5.74) is 0. The summed E-state index contributed by atoms with van der Waals surface area (Å²) in [5.74, 6) is 0. The maximum absolute atomic E-state index is 10.4. The van der Waals surface area contributed by atoms with Gasteiger partial charge >= 0.3 is 20.8 Å². The lowest BCUT2D eigenvalue weighted by molar-refractivity contribution is 0.0329. The Morgan fingerprint density at radius 3 is 1.94 bits per heavy atom. The Morgan fingerprint density at radius 2 is 1.61 bits per heavy atom. The second kappa shape index (κ2) is 6.71. The largest absolute Gasteiger partial charge is 0.397 e. The van der Waals surface area contributed by atoms with E-state index in [1.165, 1.54) is 0 Å². The molecule has 14 heteroatoms. The zero-order valence-corrected chi connectivity index (χ0v) is 11.2. The first-order valence-electron chi connectivity index (χ1n) is 3.99. The van der Waals surface area contributed by atoms with Gasteiger partial charge in [0.1, 0.15) is 12.2 Å². The van der Waals surface area contributed by atoms with E-state index >= 15 is 0 Å². The van der Waals surface area contributed by atoms with Gasteiger partial charge in [-0.2, -0.15) is 16.8 Å². The van der Waals surface area contributed by atoms with Gasteiger partial charge in [0.15, 0.2) is 0 Å². The molecule has 0 aliphatic rings. The summed E-state index contributed by atoms with van der Waals surface area (Å²) >= 11 is 0. The monoisotopic (exact) mass is 330 g/mol. The standard InChI is InChI=1S/C4H10O11S3/c1-3(14-16(5)6)4(15-18(10,11)12)2-13-17(7,8)9/h3-4,16H,2H2,1H3,(H,7,8,9)(H,10,11,12). The first-order valence-corrected chi connectivity index (χ1v) is 7.82. The van der Waals surface area contributed by atoms with Crippen LogP contribution in [-0.4, -0.2) is 53.2 Å². The van der Waals surface area contributed by atoms with Crippen LogP contribution in [0.5, 0.6) is 0 Å². The highest BCUT2D eigenvalue weighted by Crippen LogP contribution is 2.09. The molecule has 110 valence electrons. The number of rotatable bonds is 8. The molecule has 0 aromatic heterocycles. The highest BCUT2D eigenvalue weighted by atomic mass is 32.3. The highest BCUT2D eigenvalue weighted by Gasteiger charge is 2.27. The lowest BCUT2D eigenvalue weighted by Crippen LogP contribution is -2.35. The average molecular weight is 330 g/mol. The van der Waals surface area contributed by atoms with Gasteiger partial charge in [0.25, 0.3) is 11.0 Å². The maximum atomic E-state index is 10.4. The molecule has 0 amide bonds. The molecule has 0 bridgehead atoms. The van der Waals surface area contributed by atoms with Crippen molar-refractivity contribution in [3.8, 4) is 0 Å². The molecule has 2 unspecified atom stereocenters. The SMILES string of the molecule is CC(O[SH](=O)=O)C(COS(=O)(=O)O)OS(=O)(=O)O. The van der Waals surface area contributed by atoms with E-state index in [0.717, 1.165) is 6.92 Å².